The van der Waals surface area contributed by atoms with E-state index in [1.807, 2.05) is 27.7 Å². The molecular formula is C48H77N15O9. The number of benzene rings is 2. The number of carbonyl (C=O) groups is 8. The molecule has 6 atom stereocenters. The van der Waals surface area contributed by atoms with E-state index in [9.17, 15) is 43.5 Å². The van der Waals surface area contributed by atoms with E-state index in [2.05, 4.69) is 47.2 Å². The van der Waals surface area contributed by atoms with E-state index in [0.717, 1.165) is 5.56 Å². The molecule has 0 saturated carbocycles. The van der Waals surface area contributed by atoms with Gasteiger partial charge in [-0.05, 0) is 87.1 Å². The average Bonchev–Trinajstić information content (AvgIpc) is 3.31. The van der Waals surface area contributed by atoms with Crippen molar-refractivity contribution in [2.45, 2.75) is 115 Å². The van der Waals surface area contributed by atoms with Gasteiger partial charge in [0.05, 0.1) is 19.1 Å². The van der Waals surface area contributed by atoms with Crippen LogP contribution >= 0.6 is 0 Å². The molecule has 0 aliphatic heterocycles. The van der Waals surface area contributed by atoms with Crippen molar-refractivity contribution >= 4 is 59.2 Å². The van der Waals surface area contributed by atoms with Crippen LogP contribution in [-0.2, 0) is 51.2 Å². The topological polar surface area (TPSA) is 399 Å². The molecule has 0 aliphatic rings. The Labute approximate surface area is 421 Å². The Morgan fingerprint density at radius 1 is 0.569 bits per heavy atom. The number of guanidine groups is 2. The third-order valence-electron chi connectivity index (χ3n) is 11.2. The summed E-state index contributed by atoms with van der Waals surface area (Å²) >= 11 is 0. The number of phenols is 1. The zero-order valence-corrected chi connectivity index (χ0v) is 42.2. The number of carbonyl (C=O) groups excluding carboxylic acids is 8. The Balaban J connectivity index is 2.34. The van der Waals surface area contributed by atoms with Gasteiger partial charge in [-0.15, -0.1) is 0 Å². The molecule has 72 heavy (non-hydrogen) atoms. The molecule has 2 aromatic rings. The van der Waals surface area contributed by atoms with Gasteiger partial charge in [0, 0.05) is 26.6 Å². The minimum atomic E-state index is -1.25. The number of hydrogen-bond acceptors (Lipinski definition) is 12. The molecule has 0 saturated heterocycles. The minimum absolute atomic E-state index is 0.00473. The monoisotopic (exact) mass is 1010 g/mol. The Hall–Kier alpha value is -7.50. The van der Waals surface area contributed by atoms with Crippen LogP contribution in [0.2, 0.25) is 0 Å². The third-order valence-corrected chi connectivity index (χ3v) is 11.2. The lowest BCUT2D eigenvalue weighted by molar-refractivity contribution is -0.143. The van der Waals surface area contributed by atoms with Crippen LogP contribution in [0.1, 0.15) is 77.3 Å². The highest BCUT2D eigenvalue weighted by Gasteiger charge is 2.36. The number of rotatable bonds is 32. The highest BCUT2D eigenvalue weighted by atomic mass is 16.3. The minimum Gasteiger partial charge on any atom is -0.508 e. The maximum absolute atomic E-state index is 14.6. The highest BCUT2D eigenvalue weighted by molar-refractivity contribution is 5.97. The van der Waals surface area contributed by atoms with Gasteiger partial charge < -0.3 is 75.9 Å². The fourth-order valence-electron chi connectivity index (χ4n) is 7.42. The lowest BCUT2D eigenvalue weighted by Gasteiger charge is -2.33. The van der Waals surface area contributed by atoms with Gasteiger partial charge in [0.1, 0.15) is 36.0 Å². The number of likely N-dealkylation sites (N-methyl/N-ethyl adjacent to an activating group) is 2. The first kappa shape index (κ1) is 60.6. The maximum atomic E-state index is 14.6. The normalized spacial score (nSPS) is 13.4. The number of nitrogens with zero attached hydrogens (tertiary/aromatic N) is 3. The SMILES string of the molecule is CN[C@@H](Cc1ccc(O)cc1)C(=O)NCC(=O)NCC(=O)N[C@H](Cc1ccccc1)C(=O)N[C@@H](CC(C)C)C(=O)N(C)[C@@H](CCCN=C(N)N)C(=O)N[C@@H](CCCN=C(N)N)C(=O)N[C@@H](CC(C)C)C(N)=O. The van der Waals surface area contributed by atoms with Gasteiger partial charge >= 0.3 is 0 Å². The number of aromatic hydroxyl groups is 1. The van der Waals surface area contributed by atoms with Crippen molar-refractivity contribution < 1.29 is 43.5 Å². The quantitative estimate of drug-likeness (QED) is 0.0204. The number of phenolic OH excluding ortho intramolecular Hbond substituents is 1. The molecule has 8 amide bonds. The standard InChI is InChI=1S/C48H77N15O9/c1-28(2)22-34(41(49)67)61-43(69)33(14-10-20-55-47(50)51)60-45(71)38(15-11-21-56-48(52)53)63(6)46(72)37(23-29(3)4)62-44(70)36(25-30-12-8-7-9-13-30)59-40(66)27-57-39(65)26-58-42(68)35(54-5)24-31-16-18-32(64)19-17-31/h7-9,12-13,16-19,28-29,33-38,54,64H,10-11,14-15,20-27H2,1-6H3,(H2,49,67)(H,57,65)(H,58,68)(H,59,66)(H,60,71)(H,61,69)(H,62,70)(H4,50,51,55)(H4,52,53,56)/t33-,34-,35-,36+,37-,38-/m0/s1. The number of nitrogens with one attached hydrogen (secondary N) is 7. The first-order chi connectivity index (χ1) is 34.0. The molecule has 0 aromatic heterocycles. The van der Waals surface area contributed by atoms with E-state index in [0.29, 0.717) is 5.56 Å². The smallest absolute Gasteiger partial charge is 0.245 e. The number of primary amides is 1. The van der Waals surface area contributed by atoms with Gasteiger partial charge in [-0.1, -0.05) is 70.2 Å². The molecule has 2 aromatic carbocycles. The summed E-state index contributed by atoms with van der Waals surface area (Å²) in [5.74, 6) is -5.95. The maximum Gasteiger partial charge on any atom is 0.245 e. The first-order valence-corrected chi connectivity index (χ1v) is 23.9. The number of aliphatic imine (C=N–C) groups is 2. The number of nitrogens with two attached hydrogens (primary N) is 5. The fourth-order valence-corrected chi connectivity index (χ4v) is 7.42. The average molecular weight is 1010 g/mol. The van der Waals surface area contributed by atoms with Crippen LogP contribution in [0.15, 0.2) is 64.6 Å². The molecule has 398 valence electrons. The largest absolute Gasteiger partial charge is 0.508 e. The third kappa shape index (κ3) is 23.4. The van der Waals surface area contributed by atoms with Crippen LogP contribution in [0.5, 0.6) is 5.75 Å². The second-order valence-electron chi connectivity index (χ2n) is 18.2. The molecule has 0 bridgehead atoms. The molecule has 0 spiro atoms. The molecule has 2 rings (SSSR count). The van der Waals surface area contributed by atoms with Crippen molar-refractivity contribution in [1.29, 1.82) is 0 Å². The van der Waals surface area contributed by atoms with Gasteiger partial charge in [-0.3, -0.25) is 48.3 Å². The molecule has 0 radical (unpaired) electrons. The van der Waals surface area contributed by atoms with E-state index in [1.165, 1.54) is 24.1 Å². The van der Waals surface area contributed by atoms with Gasteiger partial charge in [-0.2, -0.15) is 0 Å². The molecular weight excluding hydrogens is 931 g/mol. The van der Waals surface area contributed by atoms with Crippen molar-refractivity contribution in [1.82, 2.24) is 42.1 Å². The molecule has 18 N–H and O–H groups in total. The predicted molar refractivity (Wildman–Crippen MR) is 273 cm³/mol. The number of hydrogen-bond donors (Lipinski definition) is 13. The van der Waals surface area contributed by atoms with Gasteiger partial charge in [0.25, 0.3) is 0 Å². The summed E-state index contributed by atoms with van der Waals surface area (Å²) in [6, 6.07) is 8.43. The summed E-state index contributed by atoms with van der Waals surface area (Å²) in [7, 11) is 2.97. The summed E-state index contributed by atoms with van der Waals surface area (Å²) in [6.07, 6.45) is 1.09. The molecule has 0 heterocycles. The van der Waals surface area contributed by atoms with Gasteiger partial charge in [-0.25, -0.2) is 0 Å². The van der Waals surface area contributed by atoms with E-state index in [1.54, 1.807) is 49.5 Å². The first-order valence-electron chi connectivity index (χ1n) is 23.9. The van der Waals surface area contributed by atoms with Crippen LogP contribution in [0, 0.1) is 11.8 Å². The van der Waals surface area contributed by atoms with Crippen molar-refractivity contribution in [2.24, 2.45) is 50.5 Å². The summed E-state index contributed by atoms with van der Waals surface area (Å²) in [5, 5.41) is 28.2. The van der Waals surface area contributed by atoms with Crippen molar-refractivity contribution in [2.75, 3.05) is 40.3 Å². The molecule has 24 heteroatoms. The summed E-state index contributed by atoms with van der Waals surface area (Å²) in [5.41, 5.74) is 29.1. The fraction of sp³-hybridized carbons (Fsp3) is 0.542. The molecule has 24 nitrogen and oxygen atoms in total. The molecule has 0 aliphatic carbocycles. The van der Waals surface area contributed by atoms with Crippen LogP contribution in [0.3, 0.4) is 0 Å². The van der Waals surface area contributed by atoms with E-state index in [4.69, 9.17) is 28.7 Å². The Morgan fingerprint density at radius 3 is 1.62 bits per heavy atom. The molecule has 0 fully saturated rings. The zero-order chi connectivity index (χ0) is 53.9. The predicted octanol–water partition coefficient (Wildman–Crippen LogP) is -2.55. The summed E-state index contributed by atoms with van der Waals surface area (Å²) < 4.78 is 0. The van der Waals surface area contributed by atoms with Crippen molar-refractivity contribution in [3.8, 4) is 5.75 Å². The van der Waals surface area contributed by atoms with E-state index >= 15 is 0 Å². The zero-order valence-electron chi connectivity index (χ0n) is 42.2. The number of amides is 8. The van der Waals surface area contributed by atoms with Crippen LogP contribution in [0.4, 0.5) is 0 Å². The van der Waals surface area contributed by atoms with Gasteiger partial charge in [0.15, 0.2) is 11.9 Å². The second-order valence-corrected chi connectivity index (χ2v) is 18.2. The second kappa shape index (κ2) is 31.7. The van der Waals surface area contributed by atoms with E-state index < -0.39 is 96.6 Å². The molecule has 0 unspecified atom stereocenters. The van der Waals surface area contributed by atoms with Crippen LogP contribution in [-0.4, -0.2) is 146 Å². The van der Waals surface area contributed by atoms with Crippen LogP contribution in [0.25, 0.3) is 0 Å². The van der Waals surface area contributed by atoms with Gasteiger partial charge in [0.2, 0.25) is 47.3 Å². The lowest BCUT2D eigenvalue weighted by atomic mass is 9.99. The Kier molecular flexibility index (Phi) is 26.7. The van der Waals surface area contributed by atoms with Crippen molar-refractivity contribution in [3.63, 3.8) is 0 Å². The summed E-state index contributed by atoms with van der Waals surface area (Å²) in [6.45, 7) is 6.57. The van der Waals surface area contributed by atoms with E-state index in [-0.39, 0.29) is 94.0 Å². The van der Waals surface area contributed by atoms with Crippen LogP contribution < -0.4 is 65.9 Å². The Bertz CT molecular complexity index is 2150. The Morgan fingerprint density at radius 2 is 1.07 bits per heavy atom. The lowest BCUT2D eigenvalue weighted by Crippen LogP contribution is -2.60. The summed E-state index contributed by atoms with van der Waals surface area (Å²) in [4.78, 5) is 117. The van der Waals surface area contributed by atoms with Crippen molar-refractivity contribution in [3.05, 3.63) is 65.7 Å². The highest BCUT2D eigenvalue weighted by Crippen LogP contribution is 2.16.